The normalized spacial score (nSPS) is 20.4. The number of benzene rings is 1. The van der Waals surface area contributed by atoms with Crippen molar-refractivity contribution in [2.75, 3.05) is 20.6 Å². The van der Waals surface area contributed by atoms with Crippen molar-refractivity contribution in [1.29, 1.82) is 0 Å². The Bertz CT molecular complexity index is 978. The van der Waals surface area contributed by atoms with Crippen molar-refractivity contribution < 1.29 is 27.1 Å². The lowest BCUT2D eigenvalue weighted by Gasteiger charge is -2.31. The van der Waals surface area contributed by atoms with E-state index in [0.29, 0.717) is 17.2 Å². The molecule has 9 nitrogen and oxygen atoms in total. The summed E-state index contributed by atoms with van der Waals surface area (Å²) in [5, 5.41) is 0. The zero-order valence-electron chi connectivity index (χ0n) is 14.2. The van der Waals surface area contributed by atoms with Gasteiger partial charge in [-0.2, -0.15) is 8.42 Å². The number of carbonyl (C=O) groups is 2. The standard InChI is InChI=1S/C16H16N4O5S/c1-4-9-20-15(21)12-14(19(3)16(20)22)17-13(18(12)2)10-5-7-11(8-6-10)26(23,24)25/h4-8,12H,1,9H2,2-3H3/p+1. The van der Waals surface area contributed by atoms with E-state index in [9.17, 15) is 18.0 Å². The van der Waals surface area contributed by atoms with Crippen LogP contribution in [0.4, 0.5) is 4.79 Å². The Kier molecular flexibility index (Phi) is 4.24. The van der Waals surface area contributed by atoms with Crippen LogP contribution in [0.2, 0.25) is 0 Å². The largest absolute Gasteiger partial charge is 0.334 e. The van der Waals surface area contributed by atoms with Gasteiger partial charge in [0, 0.05) is 13.6 Å². The highest BCUT2D eigenvalue weighted by Gasteiger charge is 2.52. The van der Waals surface area contributed by atoms with Crippen LogP contribution in [0.1, 0.15) is 5.56 Å². The smallest absolute Gasteiger partial charge is 0.282 e. The number of hydrogen-bond donors (Lipinski definition) is 1. The molecule has 1 aromatic rings. The lowest BCUT2D eigenvalue weighted by Crippen LogP contribution is -2.62. The van der Waals surface area contributed by atoms with Gasteiger partial charge < -0.3 is 0 Å². The van der Waals surface area contributed by atoms with Gasteiger partial charge in [0.1, 0.15) is 0 Å². The average molecular weight is 377 g/mol. The third kappa shape index (κ3) is 2.72. The van der Waals surface area contributed by atoms with Crippen LogP contribution < -0.4 is 0 Å². The predicted octanol–water partition coefficient (Wildman–Crippen LogP) is 0.183. The Morgan fingerprint density at radius 1 is 1.31 bits per heavy atom. The molecule has 1 atom stereocenters. The highest BCUT2D eigenvalue weighted by molar-refractivity contribution is 7.85. The molecule has 0 saturated carbocycles. The van der Waals surface area contributed by atoms with Gasteiger partial charge in [-0.05, 0) is 29.3 Å². The van der Waals surface area contributed by atoms with E-state index in [4.69, 9.17) is 4.55 Å². The van der Waals surface area contributed by atoms with Crippen molar-refractivity contribution >= 4 is 33.7 Å². The Morgan fingerprint density at radius 2 is 1.92 bits per heavy atom. The summed E-state index contributed by atoms with van der Waals surface area (Å²) in [4.78, 5) is 31.6. The molecule has 2 heterocycles. The second kappa shape index (κ2) is 6.15. The fourth-order valence-electron chi connectivity index (χ4n) is 2.94. The molecule has 2 aliphatic rings. The average Bonchev–Trinajstić information content (AvgIpc) is 2.94. The number of likely N-dealkylation sites (N-methyl/N-ethyl adjacent to an activating group) is 2. The van der Waals surface area contributed by atoms with Crippen LogP contribution in [-0.2, 0) is 14.9 Å². The summed E-state index contributed by atoms with van der Waals surface area (Å²) in [6.45, 7) is 3.66. The summed E-state index contributed by atoms with van der Waals surface area (Å²) in [6.07, 6.45) is 1.47. The summed E-state index contributed by atoms with van der Waals surface area (Å²) in [7, 11) is -1.09. The molecule has 0 bridgehead atoms. The zero-order chi connectivity index (χ0) is 19.2. The number of carbonyl (C=O) groups excluding carboxylic acids is 2. The van der Waals surface area contributed by atoms with Crippen LogP contribution in [0.15, 0.2) is 46.8 Å². The maximum Gasteiger partial charge on any atom is 0.334 e. The molecule has 1 N–H and O–H groups in total. The topological polar surface area (TPSA) is 110 Å². The highest BCUT2D eigenvalue weighted by Crippen LogP contribution is 2.22. The van der Waals surface area contributed by atoms with Gasteiger partial charge in [0.05, 0.1) is 17.5 Å². The Morgan fingerprint density at radius 3 is 2.46 bits per heavy atom. The summed E-state index contributed by atoms with van der Waals surface area (Å²) in [5.41, 5.74) is 0.547. The first-order chi connectivity index (χ1) is 12.2. The number of hydrogen-bond acceptors (Lipinski definition) is 5. The molecule has 3 amide bonds. The van der Waals surface area contributed by atoms with Gasteiger partial charge in [-0.15, -0.1) is 6.58 Å². The van der Waals surface area contributed by atoms with Crippen molar-refractivity contribution in [3.05, 3.63) is 42.5 Å². The molecule has 1 unspecified atom stereocenters. The molecule has 3 rings (SSSR count). The number of imide groups is 1. The van der Waals surface area contributed by atoms with E-state index in [1.54, 1.807) is 11.6 Å². The fourth-order valence-corrected chi connectivity index (χ4v) is 3.42. The molecule has 136 valence electrons. The van der Waals surface area contributed by atoms with E-state index in [-0.39, 0.29) is 11.4 Å². The van der Waals surface area contributed by atoms with Crippen molar-refractivity contribution in [3.8, 4) is 0 Å². The maximum atomic E-state index is 12.7. The zero-order valence-corrected chi connectivity index (χ0v) is 15.0. The van der Waals surface area contributed by atoms with Crippen molar-refractivity contribution in [2.45, 2.75) is 10.9 Å². The first kappa shape index (κ1) is 18.0. The van der Waals surface area contributed by atoms with Crippen LogP contribution in [0, 0.1) is 0 Å². The molecule has 1 saturated heterocycles. The summed E-state index contributed by atoms with van der Waals surface area (Å²) >= 11 is 0. The molecular formula is C16H17N4O5S+. The van der Waals surface area contributed by atoms with Crippen molar-refractivity contribution in [3.63, 3.8) is 0 Å². The number of amidine groups is 2. The summed E-state index contributed by atoms with van der Waals surface area (Å²) < 4.78 is 33.0. The first-order valence-corrected chi connectivity index (χ1v) is 9.07. The Hall–Kier alpha value is -2.85. The third-order valence-corrected chi connectivity index (χ3v) is 5.14. The van der Waals surface area contributed by atoms with Gasteiger partial charge >= 0.3 is 11.9 Å². The lowest BCUT2D eigenvalue weighted by molar-refractivity contribution is -0.504. The van der Waals surface area contributed by atoms with Crippen molar-refractivity contribution in [1.82, 2.24) is 9.80 Å². The molecule has 10 heteroatoms. The van der Waals surface area contributed by atoms with E-state index >= 15 is 0 Å². The summed E-state index contributed by atoms with van der Waals surface area (Å²) in [6, 6.07) is 4.20. The van der Waals surface area contributed by atoms with Crippen LogP contribution in [0.25, 0.3) is 0 Å². The van der Waals surface area contributed by atoms with Gasteiger partial charge in [-0.1, -0.05) is 6.08 Å². The van der Waals surface area contributed by atoms with Gasteiger partial charge in [-0.3, -0.25) is 19.1 Å². The second-order valence-corrected chi connectivity index (χ2v) is 7.31. The summed E-state index contributed by atoms with van der Waals surface area (Å²) in [5.74, 6) is 0.316. The number of amides is 3. The number of fused-ring (bicyclic) bond motifs is 1. The monoisotopic (exact) mass is 377 g/mol. The Labute approximate surface area is 150 Å². The molecule has 1 fully saturated rings. The second-order valence-electron chi connectivity index (χ2n) is 5.89. The molecular weight excluding hydrogens is 360 g/mol. The third-order valence-electron chi connectivity index (χ3n) is 4.27. The SMILES string of the molecule is C=CCN1C(=O)C2C(=NC(c3ccc(S(=O)(=O)O)cc3)=[N+]2C)N(C)C1=O. The van der Waals surface area contributed by atoms with Crippen LogP contribution in [0.3, 0.4) is 0 Å². The lowest BCUT2D eigenvalue weighted by atomic mass is 10.1. The molecule has 0 aliphatic carbocycles. The number of nitrogens with zero attached hydrogens (tertiary/aromatic N) is 4. The van der Waals surface area contributed by atoms with E-state index in [1.807, 2.05) is 0 Å². The quantitative estimate of drug-likeness (QED) is 0.457. The predicted molar refractivity (Wildman–Crippen MR) is 92.8 cm³/mol. The molecule has 2 aliphatic heterocycles. The van der Waals surface area contributed by atoms with Gasteiger partial charge in [0.2, 0.25) is 0 Å². The number of rotatable bonds is 4. The number of urea groups is 1. The molecule has 26 heavy (non-hydrogen) atoms. The Balaban J connectivity index is 2.04. The van der Waals surface area contributed by atoms with E-state index in [1.165, 1.54) is 42.3 Å². The van der Waals surface area contributed by atoms with E-state index < -0.39 is 28.1 Å². The number of aliphatic imine (C=N–C) groups is 1. The van der Waals surface area contributed by atoms with Crippen LogP contribution in [-0.4, -0.2) is 77.6 Å². The van der Waals surface area contributed by atoms with E-state index in [2.05, 4.69) is 11.6 Å². The van der Waals surface area contributed by atoms with Crippen LogP contribution in [0.5, 0.6) is 0 Å². The van der Waals surface area contributed by atoms with Gasteiger partial charge in [0.25, 0.3) is 27.9 Å². The molecule has 0 aromatic heterocycles. The minimum absolute atomic E-state index is 0.0953. The minimum Gasteiger partial charge on any atom is -0.282 e. The van der Waals surface area contributed by atoms with E-state index in [0.717, 1.165) is 4.90 Å². The molecule has 0 spiro atoms. The molecule has 1 aromatic carbocycles. The highest BCUT2D eigenvalue weighted by atomic mass is 32.2. The fraction of sp³-hybridized carbons (Fsp3) is 0.250. The van der Waals surface area contributed by atoms with Gasteiger partial charge in [0.15, 0.2) is 0 Å². The van der Waals surface area contributed by atoms with Crippen molar-refractivity contribution in [2.24, 2.45) is 4.99 Å². The molecule has 0 radical (unpaired) electrons. The maximum absolute atomic E-state index is 12.7. The van der Waals surface area contributed by atoms with Crippen LogP contribution >= 0.6 is 0 Å². The first-order valence-electron chi connectivity index (χ1n) is 7.63. The van der Waals surface area contributed by atoms with Gasteiger partial charge in [-0.25, -0.2) is 9.37 Å². The minimum atomic E-state index is -4.30.